The van der Waals surface area contributed by atoms with Crippen LogP contribution in [0.4, 0.5) is 0 Å². The molecule has 2 heteroatoms. The van der Waals surface area contributed by atoms with Crippen molar-refractivity contribution in [2.45, 2.75) is 42.9 Å². The average molecular weight is 247 g/mol. The molecule has 0 saturated heterocycles. The molecule has 17 heavy (non-hydrogen) atoms. The largest absolute Gasteiger partial charge is 0.313 e. The van der Waals surface area contributed by atoms with Gasteiger partial charge in [0.05, 0.1) is 0 Å². The summed E-state index contributed by atoms with van der Waals surface area (Å²) in [6, 6.07) is 9.67. The Balaban J connectivity index is 1.48. The number of rotatable bonds is 4. The van der Waals surface area contributed by atoms with Gasteiger partial charge in [0.2, 0.25) is 0 Å². The first kappa shape index (κ1) is 11.6. The van der Waals surface area contributed by atoms with Gasteiger partial charge in [0.1, 0.15) is 0 Å². The lowest BCUT2D eigenvalue weighted by Crippen LogP contribution is -2.34. The van der Waals surface area contributed by atoms with Crippen LogP contribution < -0.4 is 5.32 Å². The van der Waals surface area contributed by atoms with Crippen LogP contribution >= 0.6 is 11.8 Å². The average Bonchev–Trinajstić information content (AvgIpc) is 2.78. The minimum absolute atomic E-state index is 0.777. The van der Waals surface area contributed by atoms with Crippen LogP contribution in [-0.4, -0.2) is 24.1 Å². The third-order valence-corrected chi connectivity index (χ3v) is 5.43. The molecular weight excluding hydrogens is 226 g/mol. The highest BCUT2D eigenvalue weighted by atomic mass is 32.2. The molecule has 3 rings (SSSR count). The van der Waals surface area contributed by atoms with E-state index in [0.29, 0.717) is 0 Å². The number of hydrogen-bond donors (Lipinski definition) is 1. The second-order valence-corrected chi connectivity index (χ2v) is 6.51. The molecule has 3 unspecified atom stereocenters. The standard InChI is InChI=1S/C15H21NS/c1-17-14-7-6-13(9-14)16-10-12-8-11-4-2-3-5-15(11)12/h2-5,12-14,16H,6-10H2,1H3. The van der Waals surface area contributed by atoms with Crippen molar-refractivity contribution in [3.05, 3.63) is 35.4 Å². The van der Waals surface area contributed by atoms with Gasteiger partial charge in [0, 0.05) is 23.8 Å². The van der Waals surface area contributed by atoms with Crippen LogP contribution in [0.25, 0.3) is 0 Å². The Labute approximate surface area is 108 Å². The highest BCUT2D eigenvalue weighted by Crippen LogP contribution is 2.35. The molecule has 2 aliphatic carbocycles. The molecule has 1 nitrogen and oxygen atoms in total. The van der Waals surface area contributed by atoms with Crippen molar-refractivity contribution in [3.63, 3.8) is 0 Å². The second-order valence-electron chi connectivity index (χ2n) is 5.38. The Hall–Kier alpha value is -0.470. The zero-order chi connectivity index (χ0) is 11.7. The lowest BCUT2D eigenvalue weighted by Gasteiger charge is -2.31. The van der Waals surface area contributed by atoms with Gasteiger partial charge < -0.3 is 5.32 Å². The number of nitrogens with one attached hydrogen (secondary N) is 1. The van der Waals surface area contributed by atoms with E-state index in [9.17, 15) is 0 Å². The van der Waals surface area contributed by atoms with Gasteiger partial charge in [0.25, 0.3) is 0 Å². The summed E-state index contributed by atoms with van der Waals surface area (Å²) in [5.74, 6) is 0.777. The number of hydrogen-bond acceptors (Lipinski definition) is 2. The minimum Gasteiger partial charge on any atom is -0.313 e. The summed E-state index contributed by atoms with van der Waals surface area (Å²) in [5, 5.41) is 4.68. The van der Waals surface area contributed by atoms with Gasteiger partial charge >= 0.3 is 0 Å². The highest BCUT2D eigenvalue weighted by molar-refractivity contribution is 7.99. The molecule has 2 aliphatic rings. The molecule has 92 valence electrons. The molecule has 1 aromatic carbocycles. The fourth-order valence-corrected chi connectivity index (χ4v) is 3.99. The van der Waals surface area contributed by atoms with Gasteiger partial charge in [-0.1, -0.05) is 24.3 Å². The Morgan fingerprint density at radius 2 is 2.18 bits per heavy atom. The van der Waals surface area contributed by atoms with Crippen LogP contribution in [0.15, 0.2) is 24.3 Å². The van der Waals surface area contributed by atoms with Crippen LogP contribution in [0.2, 0.25) is 0 Å². The molecular formula is C15H21NS. The van der Waals surface area contributed by atoms with Gasteiger partial charge in [0.15, 0.2) is 0 Å². The Kier molecular flexibility index (Phi) is 3.44. The number of thioether (sulfide) groups is 1. The first-order chi connectivity index (χ1) is 8.36. The van der Waals surface area contributed by atoms with Crippen molar-refractivity contribution in [2.75, 3.05) is 12.8 Å². The quantitative estimate of drug-likeness (QED) is 0.877. The molecule has 1 fully saturated rings. The zero-order valence-corrected chi connectivity index (χ0v) is 11.3. The lowest BCUT2D eigenvalue weighted by molar-refractivity contribution is 0.465. The maximum absolute atomic E-state index is 3.78. The molecule has 1 aromatic rings. The first-order valence-electron chi connectivity index (χ1n) is 6.71. The normalized spacial score (nSPS) is 31.0. The molecule has 0 amide bonds. The summed E-state index contributed by atoms with van der Waals surface area (Å²) >= 11 is 2.04. The molecule has 0 aromatic heterocycles. The van der Waals surface area contributed by atoms with Gasteiger partial charge in [-0.25, -0.2) is 0 Å². The van der Waals surface area contributed by atoms with E-state index >= 15 is 0 Å². The fraction of sp³-hybridized carbons (Fsp3) is 0.600. The van der Waals surface area contributed by atoms with E-state index in [1.807, 2.05) is 11.8 Å². The molecule has 0 aliphatic heterocycles. The molecule has 1 saturated carbocycles. The lowest BCUT2D eigenvalue weighted by atomic mass is 9.77. The summed E-state index contributed by atoms with van der Waals surface area (Å²) in [6.07, 6.45) is 7.67. The third-order valence-electron chi connectivity index (χ3n) is 4.33. The predicted molar refractivity (Wildman–Crippen MR) is 75.8 cm³/mol. The molecule has 0 heterocycles. The van der Waals surface area contributed by atoms with E-state index in [-0.39, 0.29) is 0 Å². The molecule has 3 atom stereocenters. The molecule has 1 N–H and O–H groups in total. The van der Waals surface area contributed by atoms with Crippen molar-refractivity contribution >= 4 is 11.8 Å². The van der Waals surface area contributed by atoms with E-state index in [2.05, 4.69) is 35.8 Å². The van der Waals surface area contributed by atoms with Crippen LogP contribution in [0.5, 0.6) is 0 Å². The Morgan fingerprint density at radius 3 is 2.94 bits per heavy atom. The van der Waals surface area contributed by atoms with Gasteiger partial charge in [-0.15, -0.1) is 0 Å². The third kappa shape index (κ3) is 2.38. The predicted octanol–water partition coefficient (Wildman–Crippen LogP) is 3.20. The smallest absolute Gasteiger partial charge is 0.00782 e. The van der Waals surface area contributed by atoms with Gasteiger partial charge in [-0.05, 0) is 43.1 Å². The van der Waals surface area contributed by atoms with Crippen molar-refractivity contribution in [2.24, 2.45) is 0 Å². The molecule has 0 bridgehead atoms. The zero-order valence-electron chi connectivity index (χ0n) is 10.5. The monoisotopic (exact) mass is 247 g/mol. The maximum atomic E-state index is 3.78. The highest BCUT2D eigenvalue weighted by Gasteiger charge is 2.28. The van der Waals surface area contributed by atoms with Gasteiger partial charge in [-0.3, -0.25) is 0 Å². The van der Waals surface area contributed by atoms with E-state index < -0.39 is 0 Å². The summed E-state index contributed by atoms with van der Waals surface area (Å²) in [5.41, 5.74) is 3.15. The summed E-state index contributed by atoms with van der Waals surface area (Å²) in [7, 11) is 0. The van der Waals surface area contributed by atoms with Crippen LogP contribution in [-0.2, 0) is 6.42 Å². The van der Waals surface area contributed by atoms with Crippen LogP contribution in [0, 0.1) is 0 Å². The van der Waals surface area contributed by atoms with Crippen molar-refractivity contribution < 1.29 is 0 Å². The van der Waals surface area contributed by atoms with Crippen molar-refractivity contribution in [3.8, 4) is 0 Å². The number of fused-ring (bicyclic) bond motifs is 1. The van der Waals surface area contributed by atoms with Crippen molar-refractivity contribution in [1.29, 1.82) is 0 Å². The molecule has 0 spiro atoms. The first-order valence-corrected chi connectivity index (χ1v) is 7.99. The molecule has 0 radical (unpaired) electrons. The SMILES string of the molecule is CSC1CCC(NCC2Cc3ccccc32)C1. The Bertz CT molecular complexity index is 390. The second kappa shape index (κ2) is 5.03. The minimum atomic E-state index is 0.777. The van der Waals surface area contributed by atoms with Crippen molar-refractivity contribution in [1.82, 2.24) is 5.32 Å². The van der Waals surface area contributed by atoms with E-state index in [1.54, 1.807) is 11.1 Å². The van der Waals surface area contributed by atoms with Gasteiger partial charge in [-0.2, -0.15) is 11.8 Å². The number of benzene rings is 1. The van der Waals surface area contributed by atoms with E-state index in [4.69, 9.17) is 0 Å². The Morgan fingerprint density at radius 1 is 1.29 bits per heavy atom. The summed E-state index contributed by atoms with van der Waals surface area (Å²) in [6.45, 7) is 1.18. The summed E-state index contributed by atoms with van der Waals surface area (Å²) < 4.78 is 0. The summed E-state index contributed by atoms with van der Waals surface area (Å²) in [4.78, 5) is 0. The van der Waals surface area contributed by atoms with Crippen LogP contribution in [0.3, 0.4) is 0 Å². The van der Waals surface area contributed by atoms with E-state index in [0.717, 1.165) is 17.2 Å². The fourth-order valence-electron chi connectivity index (χ4n) is 3.19. The maximum Gasteiger partial charge on any atom is 0.00782 e. The van der Waals surface area contributed by atoms with E-state index in [1.165, 1.54) is 32.2 Å². The topological polar surface area (TPSA) is 12.0 Å². The van der Waals surface area contributed by atoms with Crippen LogP contribution in [0.1, 0.15) is 36.3 Å².